The first-order valence-corrected chi connectivity index (χ1v) is 12.6. The number of imidazole rings is 1. The second-order valence-corrected chi connectivity index (χ2v) is 10.9. The number of nitrogens with one attached hydrogen (secondary N) is 1. The van der Waals surface area contributed by atoms with Gasteiger partial charge >= 0.3 is 7.60 Å². The summed E-state index contributed by atoms with van der Waals surface area (Å²) in [6.07, 6.45) is -1.41. The van der Waals surface area contributed by atoms with Crippen LogP contribution in [0.5, 0.6) is 0 Å². The lowest BCUT2D eigenvalue weighted by molar-refractivity contribution is -0.0696. The molecule has 1 aliphatic heterocycles. The van der Waals surface area contributed by atoms with Crippen molar-refractivity contribution in [3.63, 3.8) is 0 Å². The maximum Gasteiger partial charge on any atom is 0.359 e. The van der Waals surface area contributed by atoms with Gasteiger partial charge in [0.2, 0.25) is 0 Å². The van der Waals surface area contributed by atoms with Gasteiger partial charge in [-0.2, -0.15) is 0 Å². The number of aliphatic hydroxyl groups is 3. The molecular weight excluding hydrogens is 453 g/mol. The number of fused-ring (bicyclic) bond motifs is 1. The topological polar surface area (TPSA) is 176 Å². The number of rotatable bonds is 9. The fraction of sp³-hybridized carbons (Fsp3) is 0.750. The molecular formula is C20H34N5O7P. The Morgan fingerprint density at radius 1 is 1.18 bits per heavy atom. The summed E-state index contributed by atoms with van der Waals surface area (Å²) in [5.74, 6) is 0. The zero-order valence-electron chi connectivity index (χ0n) is 19.5. The largest absolute Gasteiger partial charge is 0.388 e. The molecule has 3 heterocycles. The van der Waals surface area contributed by atoms with Gasteiger partial charge in [-0.15, -0.1) is 0 Å². The SMILES string of the molecule is CCC(C)(CC1OC(n2cnc3c(=N)n(C)cnc32)C(O)C1O)OP(=O)(O)C(O)(CC)CC. The van der Waals surface area contributed by atoms with E-state index in [-0.39, 0.29) is 24.8 Å². The summed E-state index contributed by atoms with van der Waals surface area (Å²) in [7, 11) is -2.78. The average molecular weight is 487 g/mol. The zero-order chi connectivity index (χ0) is 24.8. The highest BCUT2D eigenvalue weighted by Gasteiger charge is 2.51. The number of aliphatic hydroxyl groups excluding tert-OH is 2. The van der Waals surface area contributed by atoms with Crippen LogP contribution in [0.4, 0.5) is 0 Å². The van der Waals surface area contributed by atoms with E-state index in [9.17, 15) is 24.8 Å². The van der Waals surface area contributed by atoms with Crippen LogP contribution in [0.25, 0.3) is 11.2 Å². The lowest BCUT2D eigenvalue weighted by atomic mass is 9.93. The fourth-order valence-corrected chi connectivity index (χ4v) is 5.80. The molecule has 0 aliphatic carbocycles. The summed E-state index contributed by atoms with van der Waals surface area (Å²) < 4.78 is 27.5. The van der Waals surface area contributed by atoms with Crippen LogP contribution in [-0.2, 0) is 20.9 Å². The summed E-state index contributed by atoms with van der Waals surface area (Å²) in [4.78, 5) is 19.0. The predicted octanol–water partition coefficient (Wildman–Crippen LogP) is 1.14. The van der Waals surface area contributed by atoms with E-state index in [1.165, 1.54) is 21.8 Å². The Labute approximate surface area is 191 Å². The first kappa shape index (κ1) is 26.0. The molecule has 0 bridgehead atoms. The van der Waals surface area contributed by atoms with E-state index >= 15 is 0 Å². The molecule has 12 nitrogen and oxygen atoms in total. The Morgan fingerprint density at radius 3 is 2.39 bits per heavy atom. The molecule has 186 valence electrons. The molecule has 6 atom stereocenters. The highest BCUT2D eigenvalue weighted by atomic mass is 31.2. The van der Waals surface area contributed by atoms with Crippen molar-refractivity contribution in [3.8, 4) is 0 Å². The van der Waals surface area contributed by atoms with Crippen LogP contribution in [-0.4, -0.2) is 68.6 Å². The molecule has 1 fully saturated rings. The highest BCUT2D eigenvalue weighted by molar-refractivity contribution is 7.54. The van der Waals surface area contributed by atoms with Crippen molar-refractivity contribution in [1.29, 1.82) is 5.41 Å². The molecule has 1 aliphatic rings. The maximum absolute atomic E-state index is 12.9. The van der Waals surface area contributed by atoms with E-state index in [1.54, 1.807) is 34.7 Å². The van der Waals surface area contributed by atoms with Gasteiger partial charge in [0.05, 0.1) is 24.4 Å². The van der Waals surface area contributed by atoms with Crippen molar-refractivity contribution in [2.45, 2.75) is 88.9 Å². The van der Waals surface area contributed by atoms with Gasteiger partial charge < -0.3 is 34.0 Å². The molecule has 0 aromatic carbocycles. The van der Waals surface area contributed by atoms with Gasteiger partial charge in [0, 0.05) is 13.5 Å². The van der Waals surface area contributed by atoms with Gasteiger partial charge in [0.1, 0.15) is 17.7 Å². The van der Waals surface area contributed by atoms with Crippen LogP contribution in [0.15, 0.2) is 12.7 Å². The lowest BCUT2D eigenvalue weighted by Gasteiger charge is -2.38. The maximum atomic E-state index is 12.9. The average Bonchev–Trinajstić information content (AvgIpc) is 3.31. The monoisotopic (exact) mass is 487 g/mol. The van der Waals surface area contributed by atoms with Crippen molar-refractivity contribution in [2.24, 2.45) is 7.05 Å². The Hall–Kier alpha value is -1.66. The van der Waals surface area contributed by atoms with E-state index in [2.05, 4.69) is 9.97 Å². The number of ether oxygens (including phenoxy) is 1. The van der Waals surface area contributed by atoms with Crippen molar-refractivity contribution in [3.05, 3.63) is 18.1 Å². The third-order valence-corrected chi connectivity index (χ3v) is 9.07. The van der Waals surface area contributed by atoms with Gasteiger partial charge in [0.15, 0.2) is 22.7 Å². The normalized spacial score (nSPS) is 27.5. The second kappa shape index (κ2) is 9.18. The number of hydrogen-bond donors (Lipinski definition) is 5. The van der Waals surface area contributed by atoms with Gasteiger partial charge in [-0.1, -0.05) is 20.8 Å². The third-order valence-electron chi connectivity index (χ3n) is 6.69. The molecule has 1 saturated heterocycles. The van der Waals surface area contributed by atoms with Crippen LogP contribution < -0.4 is 5.49 Å². The highest BCUT2D eigenvalue weighted by Crippen LogP contribution is 2.60. The molecule has 5 N–H and O–H groups in total. The Morgan fingerprint density at radius 2 is 1.82 bits per heavy atom. The predicted molar refractivity (Wildman–Crippen MR) is 118 cm³/mol. The lowest BCUT2D eigenvalue weighted by Crippen LogP contribution is -2.40. The van der Waals surface area contributed by atoms with Crippen LogP contribution in [0.1, 0.15) is 59.6 Å². The van der Waals surface area contributed by atoms with Crippen molar-refractivity contribution in [2.75, 3.05) is 0 Å². The summed E-state index contributed by atoms with van der Waals surface area (Å²) in [5.41, 5.74) is -0.455. The van der Waals surface area contributed by atoms with E-state index < -0.39 is 43.1 Å². The third kappa shape index (κ3) is 4.53. The van der Waals surface area contributed by atoms with Gasteiger partial charge in [-0.25, -0.2) is 9.97 Å². The van der Waals surface area contributed by atoms with Crippen molar-refractivity contribution in [1.82, 2.24) is 19.1 Å². The Bertz CT molecular complexity index is 1100. The molecule has 0 spiro atoms. The fourth-order valence-electron chi connectivity index (χ4n) is 4.03. The summed E-state index contributed by atoms with van der Waals surface area (Å²) in [6.45, 7) is 6.58. The van der Waals surface area contributed by atoms with E-state index in [1.807, 2.05) is 0 Å². The van der Waals surface area contributed by atoms with Crippen LogP contribution in [0.3, 0.4) is 0 Å². The molecule has 6 unspecified atom stereocenters. The molecule has 33 heavy (non-hydrogen) atoms. The van der Waals surface area contributed by atoms with Crippen LogP contribution >= 0.6 is 7.60 Å². The van der Waals surface area contributed by atoms with Crippen LogP contribution in [0.2, 0.25) is 0 Å². The number of aromatic nitrogens is 4. The quantitative estimate of drug-likeness (QED) is 0.325. The van der Waals surface area contributed by atoms with Crippen molar-refractivity contribution >= 4 is 18.8 Å². The van der Waals surface area contributed by atoms with Gasteiger partial charge in [-0.3, -0.25) is 14.5 Å². The minimum Gasteiger partial charge on any atom is -0.388 e. The molecule has 3 rings (SSSR count). The first-order chi connectivity index (χ1) is 15.3. The molecule has 0 amide bonds. The van der Waals surface area contributed by atoms with E-state index in [4.69, 9.17) is 14.7 Å². The van der Waals surface area contributed by atoms with E-state index in [0.29, 0.717) is 17.6 Å². The standard InChI is InChI=1S/C20H34N5O7P/c1-6-19(4,32-33(29,30)20(28,7-2)8-3)9-12-14(26)15(27)18(31-12)25-11-22-13-16(21)24(5)10-23-17(13)25/h10-12,14-15,18,21,26-28H,6-9H2,1-5H3,(H,29,30). The minimum absolute atomic E-state index is 0.00893. The summed E-state index contributed by atoms with van der Waals surface area (Å²) >= 11 is 0. The minimum atomic E-state index is -4.44. The molecule has 2 aromatic heterocycles. The Balaban J connectivity index is 1.85. The summed E-state index contributed by atoms with van der Waals surface area (Å²) in [5, 5.41) is 38.2. The van der Waals surface area contributed by atoms with Crippen molar-refractivity contribution < 1.29 is 34.0 Å². The zero-order valence-corrected chi connectivity index (χ0v) is 20.4. The molecule has 0 saturated carbocycles. The molecule has 0 radical (unpaired) electrons. The number of hydrogen-bond acceptors (Lipinski definition) is 9. The number of nitrogens with zero attached hydrogens (tertiary/aromatic N) is 4. The smallest absolute Gasteiger partial charge is 0.359 e. The van der Waals surface area contributed by atoms with Gasteiger partial charge in [-0.05, 0) is 26.2 Å². The van der Waals surface area contributed by atoms with Gasteiger partial charge in [0.25, 0.3) is 0 Å². The molecule has 2 aromatic rings. The van der Waals surface area contributed by atoms with Crippen LogP contribution in [0, 0.1) is 5.41 Å². The first-order valence-electron chi connectivity index (χ1n) is 11.0. The van der Waals surface area contributed by atoms with E-state index in [0.717, 1.165) is 0 Å². The summed E-state index contributed by atoms with van der Waals surface area (Å²) in [6, 6.07) is 0. The number of aryl methyl sites for hydroxylation is 1. The second-order valence-electron chi connectivity index (χ2n) is 8.88. The Kier molecular flexibility index (Phi) is 7.22. The molecule has 13 heteroatoms.